The second-order valence-electron chi connectivity index (χ2n) is 8.26. The summed E-state index contributed by atoms with van der Waals surface area (Å²) in [4.78, 5) is 4.66. The number of hydrogen-bond acceptors (Lipinski definition) is 2. The van der Waals surface area contributed by atoms with Crippen molar-refractivity contribution in [3.05, 3.63) is 98.5 Å². The number of hydrogen-bond donors (Lipinski definition) is 1. The fourth-order valence-corrected chi connectivity index (χ4v) is 5.54. The summed E-state index contributed by atoms with van der Waals surface area (Å²) in [5, 5.41) is 4.26. The molecule has 2 heterocycles. The third kappa shape index (κ3) is 3.29. The summed E-state index contributed by atoms with van der Waals surface area (Å²) >= 11 is 12.4. The van der Waals surface area contributed by atoms with E-state index in [9.17, 15) is 8.78 Å². The first-order valence-electron chi connectivity index (χ1n) is 10.2. The van der Waals surface area contributed by atoms with Gasteiger partial charge in [0.05, 0.1) is 16.1 Å². The van der Waals surface area contributed by atoms with Crippen LogP contribution in [0.15, 0.2) is 59.6 Å². The molecular formula is C25H20Cl2F2N2. The van der Waals surface area contributed by atoms with Gasteiger partial charge in [-0.2, -0.15) is 0 Å². The van der Waals surface area contributed by atoms with Gasteiger partial charge in [0.25, 0.3) is 0 Å². The van der Waals surface area contributed by atoms with Gasteiger partial charge in [0.15, 0.2) is 0 Å². The van der Waals surface area contributed by atoms with Gasteiger partial charge in [0.1, 0.15) is 11.6 Å². The van der Waals surface area contributed by atoms with Crippen LogP contribution in [-0.2, 0) is 5.41 Å². The molecule has 3 aromatic carbocycles. The lowest BCUT2D eigenvalue weighted by Gasteiger charge is -2.48. The lowest BCUT2D eigenvalue weighted by atomic mass is 9.60. The summed E-state index contributed by atoms with van der Waals surface area (Å²) in [6.07, 6.45) is 2.68. The van der Waals surface area contributed by atoms with Crippen LogP contribution in [-0.4, -0.2) is 12.8 Å². The van der Waals surface area contributed by atoms with Crippen molar-refractivity contribution in [2.75, 3.05) is 6.54 Å². The number of nitrogens with zero attached hydrogens (tertiary/aromatic N) is 1. The highest BCUT2D eigenvalue weighted by molar-refractivity contribution is 6.31. The van der Waals surface area contributed by atoms with Crippen LogP contribution in [0.25, 0.3) is 0 Å². The number of aliphatic imine (C=N–C) groups is 1. The maximum absolute atomic E-state index is 14.7. The van der Waals surface area contributed by atoms with Crippen molar-refractivity contribution in [3.63, 3.8) is 0 Å². The number of rotatable bonds is 2. The molecule has 3 aromatic rings. The Kier molecular flexibility index (Phi) is 5.12. The molecule has 31 heavy (non-hydrogen) atoms. The first-order valence-corrected chi connectivity index (χ1v) is 11.0. The van der Waals surface area contributed by atoms with Crippen molar-refractivity contribution in [2.24, 2.45) is 4.99 Å². The molecule has 1 saturated heterocycles. The van der Waals surface area contributed by atoms with E-state index in [1.165, 1.54) is 12.1 Å². The molecule has 0 aliphatic carbocycles. The van der Waals surface area contributed by atoms with Gasteiger partial charge >= 0.3 is 0 Å². The summed E-state index contributed by atoms with van der Waals surface area (Å²) in [6, 6.07) is 15.3. The Hall–Kier alpha value is -2.27. The van der Waals surface area contributed by atoms with Crippen molar-refractivity contribution < 1.29 is 8.78 Å². The van der Waals surface area contributed by atoms with Crippen LogP contribution in [0.4, 0.5) is 14.5 Å². The minimum Gasteiger partial charge on any atom is -0.309 e. The zero-order valence-electron chi connectivity index (χ0n) is 16.8. The second-order valence-corrected chi connectivity index (χ2v) is 9.10. The first kappa shape index (κ1) is 20.6. The molecule has 2 aliphatic heterocycles. The number of fused-ring (bicyclic) bond motifs is 2. The van der Waals surface area contributed by atoms with Gasteiger partial charge in [0, 0.05) is 23.2 Å². The predicted molar refractivity (Wildman–Crippen MR) is 122 cm³/mol. The van der Waals surface area contributed by atoms with Crippen molar-refractivity contribution in [1.29, 1.82) is 0 Å². The summed E-state index contributed by atoms with van der Waals surface area (Å²) in [5.74, 6) is -0.832. The van der Waals surface area contributed by atoms with Gasteiger partial charge in [-0.15, -0.1) is 0 Å². The molecule has 6 heteroatoms. The molecule has 3 atom stereocenters. The van der Waals surface area contributed by atoms with Crippen LogP contribution in [0.1, 0.15) is 40.6 Å². The van der Waals surface area contributed by atoms with Crippen LogP contribution >= 0.6 is 23.2 Å². The fourth-order valence-electron chi connectivity index (χ4n) is 5.18. The second kappa shape index (κ2) is 7.70. The molecule has 0 saturated carbocycles. The van der Waals surface area contributed by atoms with Crippen LogP contribution < -0.4 is 5.32 Å². The zero-order chi connectivity index (χ0) is 21.8. The maximum Gasteiger partial charge on any atom is 0.142 e. The summed E-state index contributed by atoms with van der Waals surface area (Å²) < 4.78 is 29.0. The molecular weight excluding hydrogens is 437 g/mol. The van der Waals surface area contributed by atoms with Crippen molar-refractivity contribution in [3.8, 4) is 0 Å². The average Bonchev–Trinajstić information content (AvgIpc) is 3.09. The predicted octanol–water partition coefficient (Wildman–Crippen LogP) is 7.05. The molecule has 158 valence electrons. The van der Waals surface area contributed by atoms with Gasteiger partial charge in [0.2, 0.25) is 0 Å². The van der Waals surface area contributed by atoms with Crippen LogP contribution in [0.3, 0.4) is 0 Å². The Bertz CT molecular complexity index is 1210. The van der Waals surface area contributed by atoms with Crippen LogP contribution in [0.5, 0.6) is 0 Å². The number of benzene rings is 3. The van der Waals surface area contributed by atoms with E-state index in [4.69, 9.17) is 23.2 Å². The van der Waals surface area contributed by atoms with Gasteiger partial charge < -0.3 is 5.32 Å². The quantitative estimate of drug-likeness (QED) is 0.438. The number of piperidine rings is 1. The van der Waals surface area contributed by atoms with E-state index in [0.29, 0.717) is 10.7 Å². The molecule has 0 aromatic heterocycles. The Morgan fingerprint density at radius 2 is 1.90 bits per heavy atom. The van der Waals surface area contributed by atoms with Crippen molar-refractivity contribution >= 4 is 35.1 Å². The number of aryl methyl sites for hydroxylation is 1. The zero-order valence-corrected chi connectivity index (χ0v) is 18.3. The van der Waals surface area contributed by atoms with E-state index in [1.54, 1.807) is 18.2 Å². The number of halogens is 4. The normalized spacial score (nSPS) is 24.5. The van der Waals surface area contributed by atoms with E-state index in [1.807, 2.05) is 37.4 Å². The molecule has 1 N–H and O–H groups in total. The summed E-state index contributed by atoms with van der Waals surface area (Å²) in [7, 11) is 0. The third-order valence-corrected chi connectivity index (χ3v) is 7.09. The highest BCUT2D eigenvalue weighted by Gasteiger charge is 2.53. The molecule has 2 nitrogen and oxygen atoms in total. The van der Waals surface area contributed by atoms with Gasteiger partial charge in [-0.1, -0.05) is 41.4 Å². The Morgan fingerprint density at radius 3 is 2.71 bits per heavy atom. The van der Waals surface area contributed by atoms with E-state index in [0.717, 1.165) is 35.2 Å². The standard InChI is InChI=1S/C25H20Cl2F2N2/c1-14-5-6-17(28)10-18(14)24-25(13-31-23-12-21(27)22(29)11-20(23)25)19(7-8-30-24)15-3-2-4-16(26)9-15/h2-6,9-13,19,24,30H,7-8H2,1H3/t19-,24+,25-/m0/s1. The molecule has 0 amide bonds. The van der Waals surface area contributed by atoms with Crippen molar-refractivity contribution in [1.82, 2.24) is 5.32 Å². The monoisotopic (exact) mass is 456 g/mol. The molecule has 0 bridgehead atoms. The molecule has 5 rings (SSSR count). The molecule has 1 spiro atoms. The Balaban J connectivity index is 1.78. The summed E-state index contributed by atoms with van der Waals surface area (Å²) in [5.41, 5.74) is 3.51. The van der Waals surface area contributed by atoms with Gasteiger partial charge in [-0.05, 0) is 78.5 Å². The Labute approximate surface area is 189 Å². The molecule has 2 aliphatic rings. The molecule has 0 unspecified atom stereocenters. The van der Waals surface area contributed by atoms with E-state index in [-0.39, 0.29) is 22.8 Å². The number of nitrogens with one attached hydrogen (secondary N) is 1. The third-order valence-electron chi connectivity index (χ3n) is 6.56. The highest BCUT2D eigenvalue weighted by Crippen LogP contribution is 2.56. The maximum atomic E-state index is 14.7. The van der Waals surface area contributed by atoms with E-state index >= 15 is 0 Å². The van der Waals surface area contributed by atoms with Crippen molar-refractivity contribution in [2.45, 2.75) is 30.7 Å². The van der Waals surface area contributed by atoms with Gasteiger partial charge in [-0.3, -0.25) is 4.99 Å². The largest absolute Gasteiger partial charge is 0.309 e. The van der Waals surface area contributed by atoms with E-state index in [2.05, 4.69) is 10.3 Å². The Morgan fingerprint density at radius 1 is 1.06 bits per heavy atom. The minimum atomic E-state index is -0.720. The first-order chi connectivity index (χ1) is 14.9. The topological polar surface area (TPSA) is 24.4 Å². The molecule has 0 radical (unpaired) electrons. The van der Waals surface area contributed by atoms with Crippen LogP contribution in [0, 0.1) is 18.6 Å². The summed E-state index contributed by atoms with van der Waals surface area (Å²) in [6.45, 7) is 2.68. The molecule has 1 fully saturated rings. The smallest absolute Gasteiger partial charge is 0.142 e. The van der Waals surface area contributed by atoms with Gasteiger partial charge in [-0.25, -0.2) is 8.78 Å². The van der Waals surface area contributed by atoms with Crippen LogP contribution in [0.2, 0.25) is 10.0 Å². The lowest BCUT2D eigenvalue weighted by Crippen LogP contribution is -2.51. The van der Waals surface area contributed by atoms with E-state index < -0.39 is 11.2 Å². The average molecular weight is 457 g/mol. The minimum absolute atomic E-state index is 0.0364. The highest BCUT2D eigenvalue weighted by atomic mass is 35.5. The lowest BCUT2D eigenvalue weighted by molar-refractivity contribution is 0.268. The SMILES string of the molecule is Cc1ccc(F)cc1[C@H]1NCC[C@@H](c2cccc(Cl)c2)[C@]12C=Nc1cc(Cl)c(F)cc12. The fraction of sp³-hybridized carbons (Fsp3) is 0.240.